The van der Waals surface area contributed by atoms with E-state index in [-0.39, 0.29) is 11.8 Å². The average Bonchev–Trinajstić information content (AvgIpc) is 3.25. The lowest BCUT2D eigenvalue weighted by molar-refractivity contribution is 0.0651. The Morgan fingerprint density at radius 3 is 2.64 bits per heavy atom. The van der Waals surface area contributed by atoms with Crippen molar-refractivity contribution in [2.75, 3.05) is 20.2 Å². The van der Waals surface area contributed by atoms with Crippen LogP contribution in [-0.2, 0) is 6.42 Å². The van der Waals surface area contributed by atoms with Gasteiger partial charge in [0.05, 0.1) is 7.11 Å². The van der Waals surface area contributed by atoms with Gasteiger partial charge < -0.3 is 14.1 Å². The largest absolute Gasteiger partial charge is 0.497 e. The number of benzene rings is 2. The van der Waals surface area contributed by atoms with Gasteiger partial charge in [0.15, 0.2) is 0 Å². The number of hydrogen-bond donors (Lipinski definition) is 0. The summed E-state index contributed by atoms with van der Waals surface area (Å²) in [6.45, 7) is 1.43. The van der Waals surface area contributed by atoms with Crippen LogP contribution in [0.4, 0.5) is 0 Å². The van der Waals surface area contributed by atoms with E-state index in [0.29, 0.717) is 30.6 Å². The number of piperidine rings is 1. The zero-order valence-corrected chi connectivity index (χ0v) is 15.9. The summed E-state index contributed by atoms with van der Waals surface area (Å²) < 4.78 is 10.9. The minimum absolute atomic E-state index is 0.0410. The minimum Gasteiger partial charge on any atom is -0.497 e. The van der Waals surface area contributed by atoms with Gasteiger partial charge in [-0.3, -0.25) is 4.79 Å². The Balaban J connectivity index is 1.37. The normalized spacial score (nSPS) is 14.8. The molecule has 0 saturated carbocycles. The molecule has 0 radical (unpaired) electrons. The highest BCUT2D eigenvalue weighted by Gasteiger charge is 2.27. The molecule has 0 spiro atoms. The minimum atomic E-state index is -0.195. The Labute approximate surface area is 164 Å². The third-order valence-corrected chi connectivity index (χ3v) is 5.19. The van der Waals surface area contributed by atoms with E-state index in [1.807, 2.05) is 29.2 Å². The maximum atomic E-state index is 12.7. The molecule has 1 saturated heterocycles. The molecular formula is C22H23N3O3. The fourth-order valence-corrected chi connectivity index (χ4v) is 3.61. The van der Waals surface area contributed by atoms with E-state index in [1.165, 1.54) is 5.56 Å². The zero-order valence-electron chi connectivity index (χ0n) is 15.9. The third-order valence-electron chi connectivity index (χ3n) is 5.19. The van der Waals surface area contributed by atoms with Gasteiger partial charge in [-0.25, -0.2) is 0 Å². The van der Waals surface area contributed by atoms with Crippen LogP contribution in [0.2, 0.25) is 0 Å². The van der Waals surface area contributed by atoms with Crippen molar-refractivity contribution in [3.05, 3.63) is 66.1 Å². The van der Waals surface area contributed by atoms with Gasteiger partial charge in [0, 0.05) is 18.7 Å². The number of hydrogen-bond acceptors (Lipinski definition) is 5. The van der Waals surface area contributed by atoms with Gasteiger partial charge in [0.2, 0.25) is 5.89 Å². The van der Waals surface area contributed by atoms with E-state index >= 15 is 0 Å². The van der Waals surface area contributed by atoms with E-state index in [1.54, 1.807) is 13.2 Å². The van der Waals surface area contributed by atoms with Gasteiger partial charge in [0.1, 0.15) is 5.75 Å². The summed E-state index contributed by atoms with van der Waals surface area (Å²) in [5.74, 6) is 1.46. The van der Waals surface area contributed by atoms with Crippen LogP contribution in [0.25, 0.3) is 11.5 Å². The Bertz CT molecular complexity index is 931. The summed E-state index contributed by atoms with van der Waals surface area (Å²) in [5, 5.41) is 7.99. The summed E-state index contributed by atoms with van der Waals surface area (Å²) in [6.07, 6.45) is 3.03. The van der Waals surface area contributed by atoms with E-state index in [9.17, 15) is 4.79 Å². The monoisotopic (exact) mass is 377 g/mol. The van der Waals surface area contributed by atoms with Crippen LogP contribution in [0.5, 0.6) is 5.75 Å². The Morgan fingerprint density at radius 1 is 1.11 bits per heavy atom. The molecule has 1 aromatic heterocycles. The second-order valence-corrected chi connectivity index (χ2v) is 7.07. The van der Waals surface area contributed by atoms with Crippen LogP contribution >= 0.6 is 0 Å². The van der Waals surface area contributed by atoms with Crippen LogP contribution in [-0.4, -0.2) is 41.2 Å². The summed E-state index contributed by atoms with van der Waals surface area (Å²) in [6, 6.07) is 17.8. The SMILES string of the molecule is COc1cccc(-c2nnc(C(=O)N3CCC(Cc4ccccc4)CC3)o2)c1. The molecule has 4 rings (SSSR count). The summed E-state index contributed by atoms with van der Waals surface area (Å²) >= 11 is 0. The van der Waals surface area contributed by atoms with Crippen molar-refractivity contribution in [1.82, 2.24) is 15.1 Å². The molecule has 1 aliphatic heterocycles. The Kier molecular flexibility index (Phi) is 5.37. The number of aromatic nitrogens is 2. The predicted octanol–water partition coefficient (Wildman–Crippen LogP) is 3.84. The molecule has 1 amide bonds. The molecule has 0 bridgehead atoms. The first-order valence-electron chi connectivity index (χ1n) is 9.54. The highest BCUT2D eigenvalue weighted by atomic mass is 16.5. The van der Waals surface area contributed by atoms with E-state index in [2.05, 4.69) is 34.5 Å². The summed E-state index contributed by atoms with van der Waals surface area (Å²) in [7, 11) is 1.60. The molecule has 2 heterocycles. The quantitative estimate of drug-likeness (QED) is 0.676. The van der Waals surface area contributed by atoms with Crippen molar-refractivity contribution in [1.29, 1.82) is 0 Å². The first-order valence-corrected chi connectivity index (χ1v) is 9.54. The molecular weight excluding hydrogens is 354 g/mol. The highest BCUT2D eigenvalue weighted by molar-refractivity contribution is 5.89. The average molecular weight is 377 g/mol. The number of methoxy groups -OCH3 is 1. The van der Waals surface area contributed by atoms with Crippen LogP contribution < -0.4 is 4.74 Å². The van der Waals surface area contributed by atoms with Gasteiger partial charge in [-0.05, 0) is 48.9 Å². The lowest BCUT2D eigenvalue weighted by atomic mass is 9.90. The van der Waals surface area contributed by atoms with Crippen molar-refractivity contribution in [2.24, 2.45) is 5.92 Å². The lowest BCUT2D eigenvalue weighted by Crippen LogP contribution is -2.39. The van der Waals surface area contributed by atoms with Crippen LogP contribution in [0.1, 0.15) is 29.1 Å². The van der Waals surface area contributed by atoms with Crippen molar-refractivity contribution in [2.45, 2.75) is 19.3 Å². The van der Waals surface area contributed by atoms with Crippen molar-refractivity contribution >= 4 is 5.91 Å². The van der Waals surface area contributed by atoms with Gasteiger partial charge in [-0.15, -0.1) is 10.2 Å². The van der Waals surface area contributed by atoms with Crippen molar-refractivity contribution < 1.29 is 13.9 Å². The molecule has 144 valence electrons. The maximum Gasteiger partial charge on any atom is 0.311 e. The van der Waals surface area contributed by atoms with E-state index < -0.39 is 0 Å². The molecule has 0 N–H and O–H groups in total. The van der Waals surface area contributed by atoms with Crippen LogP contribution in [0, 0.1) is 5.92 Å². The number of ether oxygens (including phenoxy) is 1. The molecule has 0 atom stereocenters. The maximum absolute atomic E-state index is 12.7. The van der Waals surface area contributed by atoms with Crippen molar-refractivity contribution in [3.8, 4) is 17.2 Å². The number of likely N-dealkylation sites (tertiary alicyclic amines) is 1. The van der Waals surface area contributed by atoms with Gasteiger partial charge in [0.25, 0.3) is 0 Å². The second kappa shape index (κ2) is 8.25. The lowest BCUT2D eigenvalue weighted by Gasteiger charge is -2.31. The predicted molar refractivity (Wildman–Crippen MR) is 105 cm³/mol. The third kappa shape index (κ3) is 4.06. The molecule has 0 aliphatic carbocycles. The second-order valence-electron chi connectivity index (χ2n) is 7.07. The fraction of sp³-hybridized carbons (Fsp3) is 0.318. The Morgan fingerprint density at radius 2 is 1.89 bits per heavy atom. The summed E-state index contributed by atoms with van der Waals surface area (Å²) in [5.41, 5.74) is 2.08. The molecule has 1 aliphatic rings. The number of carbonyl (C=O) groups is 1. The first kappa shape index (κ1) is 18.2. The van der Waals surface area contributed by atoms with Crippen molar-refractivity contribution in [3.63, 3.8) is 0 Å². The molecule has 2 aromatic carbocycles. The molecule has 3 aromatic rings. The summed E-state index contributed by atoms with van der Waals surface area (Å²) in [4.78, 5) is 14.5. The Hall–Kier alpha value is -3.15. The first-order chi connectivity index (χ1) is 13.7. The fourth-order valence-electron chi connectivity index (χ4n) is 3.61. The topological polar surface area (TPSA) is 68.5 Å². The number of rotatable bonds is 5. The van der Waals surface area contributed by atoms with E-state index in [4.69, 9.17) is 9.15 Å². The van der Waals surface area contributed by atoms with Gasteiger partial charge in [-0.2, -0.15) is 0 Å². The number of amides is 1. The van der Waals surface area contributed by atoms with E-state index in [0.717, 1.165) is 24.8 Å². The zero-order chi connectivity index (χ0) is 19.3. The smallest absolute Gasteiger partial charge is 0.311 e. The van der Waals surface area contributed by atoms with Crippen LogP contribution in [0.3, 0.4) is 0 Å². The van der Waals surface area contributed by atoms with Gasteiger partial charge in [-0.1, -0.05) is 36.4 Å². The standard InChI is InChI=1S/C22H23N3O3/c1-27-19-9-5-8-18(15-19)20-23-24-21(28-20)22(26)25-12-10-17(11-13-25)14-16-6-3-2-4-7-16/h2-9,15,17H,10-14H2,1H3. The molecule has 6 heteroatoms. The molecule has 6 nitrogen and oxygen atoms in total. The van der Waals surface area contributed by atoms with Gasteiger partial charge >= 0.3 is 11.8 Å². The molecule has 28 heavy (non-hydrogen) atoms. The number of nitrogens with zero attached hydrogens (tertiary/aromatic N) is 3. The van der Waals surface area contributed by atoms with Crippen LogP contribution in [0.15, 0.2) is 59.0 Å². The molecule has 1 fully saturated rings. The highest BCUT2D eigenvalue weighted by Crippen LogP contribution is 2.25. The molecule has 0 unspecified atom stereocenters. The number of carbonyl (C=O) groups excluding carboxylic acids is 1.